The number of fused-ring (bicyclic) bond motifs is 1. The summed E-state index contributed by atoms with van der Waals surface area (Å²) in [5, 5.41) is 7.99. The molecule has 0 aliphatic rings. The first-order chi connectivity index (χ1) is 10.3. The largest absolute Gasteiger partial charge is 0.361 e. The SMILES string of the molecule is CCCNC(=NC)NCCc1c[nH]c2c(CC)cccc12.I. The number of hydrogen-bond donors (Lipinski definition) is 3. The Balaban J connectivity index is 0.00000242. The summed E-state index contributed by atoms with van der Waals surface area (Å²) in [5.41, 5.74) is 4.02. The normalized spacial score (nSPS) is 11.3. The third-order valence-electron chi connectivity index (χ3n) is 3.72. The van der Waals surface area contributed by atoms with Crippen LogP contribution >= 0.6 is 24.0 Å². The van der Waals surface area contributed by atoms with E-state index in [1.54, 1.807) is 0 Å². The van der Waals surface area contributed by atoms with Gasteiger partial charge < -0.3 is 15.6 Å². The molecule has 0 aliphatic carbocycles. The molecule has 0 spiro atoms. The van der Waals surface area contributed by atoms with E-state index in [0.29, 0.717) is 0 Å². The number of H-pyrrole nitrogens is 1. The molecule has 2 rings (SSSR count). The molecule has 0 fully saturated rings. The topological polar surface area (TPSA) is 52.2 Å². The molecule has 0 bridgehead atoms. The van der Waals surface area contributed by atoms with Gasteiger partial charge in [-0.3, -0.25) is 4.99 Å². The van der Waals surface area contributed by atoms with Gasteiger partial charge in [-0.1, -0.05) is 32.0 Å². The fraction of sp³-hybridized carbons (Fsp3) is 0.471. The molecule has 3 N–H and O–H groups in total. The number of para-hydroxylation sites is 1. The molecule has 2 aromatic rings. The van der Waals surface area contributed by atoms with Gasteiger partial charge in [0.1, 0.15) is 0 Å². The number of halogens is 1. The van der Waals surface area contributed by atoms with Gasteiger partial charge in [-0.05, 0) is 30.4 Å². The van der Waals surface area contributed by atoms with E-state index in [1.165, 1.54) is 22.0 Å². The molecular formula is C17H27IN4. The quantitative estimate of drug-likeness (QED) is 0.385. The maximum Gasteiger partial charge on any atom is 0.190 e. The molecule has 0 radical (unpaired) electrons. The number of nitrogens with one attached hydrogen (secondary N) is 3. The van der Waals surface area contributed by atoms with Crippen LogP contribution in [0.25, 0.3) is 10.9 Å². The van der Waals surface area contributed by atoms with Gasteiger partial charge >= 0.3 is 0 Å². The Morgan fingerprint density at radius 1 is 1.14 bits per heavy atom. The molecule has 0 saturated carbocycles. The lowest BCUT2D eigenvalue weighted by Gasteiger charge is -2.10. The summed E-state index contributed by atoms with van der Waals surface area (Å²) in [4.78, 5) is 7.64. The number of hydrogen-bond acceptors (Lipinski definition) is 1. The summed E-state index contributed by atoms with van der Waals surface area (Å²) in [6.45, 7) is 6.18. The smallest absolute Gasteiger partial charge is 0.190 e. The maximum atomic E-state index is 4.22. The van der Waals surface area contributed by atoms with Crippen LogP contribution in [0.3, 0.4) is 0 Å². The lowest BCUT2D eigenvalue weighted by Crippen LogP contribution is -2.38. The minimum atomic E-state index is 0. The fourth-order valence-corrected chi connectivity index (χ4v) is 2.56. The first kappa shape index (κ1) is 18.8. The summed E-state index contributed by atoms with van der Waals surface area (Å²) in [6.07, 6.45) is 5.28. The van der Waals surface area contributed by atoms with Crippen molar-refractivity contribution in [3.05, 3.63) is 35.5 Å². The molecule has 4 nitrogen and oxygen atoms in total. The van der Waals surface area contributed by atoms with E-state index in [-0.39, 0.29) is 24.0 Å². The van der Waals surface area contributed by atoms with Crippen LogP contribution in [0.5, 0.6) is 0 Å². The summed E-state index contributed by atoms with van der Waals surface area (Å²) in [6, 6.07) is 6.54. The number of aromatic nitrogens is 1. The maximum absolute atomic E-state index is 4.22. The van der Waals surface area contributed by atoms with E-state index in [9.17, 15) is 0 Å². The van der Waals surface area contributed by atoms with E-state index in [2.05, 4.69) is 58.9 Å². The number of rotatable bonds is 6. The first-order valence-corrected chi connectivity index (χ1v) is 7.82. The Labute approximate surface area is 150 Å². The van der Waals surface area contributed by atoms with Crippen LogP contribution in [0.4, 0.5) is 0 Å². The van der Waals surface area contributed by atoms with E-state index in [1.807, 2.05) is 7.05 Å². The van der Waals surface area contributed by atoms with Gasteiger partial charge in [0.15, 0.2) is 5.96 Å². The van der Waals surface area contributed by atoms with E-state index in [4.69, 9.17) is 0 Å². The highest BCUT2D eigenvalue weighted by Gasteiger charge is 2.06. The molecule has 0 amide bonds. The van der Waals surface area contributed by atoms with E-state index >= 15 is 0 Å². The standard InChI is InChI=1S/C17H26N4.HI/c1-4-10-19-17(18-3)20-11-9-14-12-21-16-13(5-2)7-6-8-15(14)16;/h6-8,12,21H,4-5,9-11H2,1-3H3,(H2,18,19,20);1H. The van der Waals surface area contributed by atoms with Crippen molar-refractivity contribution in [3.63, 3.8) is 0 Å². The van der Waals surface area contributed by atoms with Crippen molar-refractivity contribution in [3.8, 4) is 0 Å². The molecule has 0 unspecified atom stereocenters. The van der Waals surface area contributed by atoms with Crippen LogP contribution in [0.2, 0.25) is 0 Å². The van der Waals surface area contributed by atoms with Crippen molar-refractivity contribution in [1.29, 1.82) is 0 Å². The zero-order chi connectivity index (χ0) is 15.1. The summed E-state index contributed by atoms with van der Waals surface area (Å²) in [7, 11) is 1.81. The lowest BCUT2D eigenvalue weighted by molar-refractivity contribution is 0.775. The van der Waals surface area contributed by atoms with Crippen LogP contribution in [0.15, 0.2) is 29.4 Å². The van der Waals surface area contributed by atoms with Gasteiger partial charge in [0.05, 0.1) is 0 Å². The number of benzene rings is 1. The van der Waals surface area contributed by atoms with E-state index in [0.717, 1.165) is 38.3 Å². The highest BCUT2D eigenvalue weighted by molar-refractivity contribution is 14.0. The van der Waals surface area contributed by atoms with Gasteiger partial charge in [0.25, 0.3) is 0 Å². The minimum Gasteiger partial charge on any atom is -0.361 e. The lowest BCUT2D eigenvalue weighted by atomic mass is 10.1. The van der Waals surface area contributed by atoms with Crippen molar-refractivity contribution in [2.45, 2.75) is 33.1 Å². The second-order valence-corrected chi connectivity index (χ2v) is 5.18. The average molecular weight is 414 g/mol. The first-order valence-electron chi connectivity index (χ1n) is 7.82. The molecule has 0 saturated heterocycles. The van der Waals surface area contributed by atoms with Crippen LogP contribution in [-0.4, -0.2) is 31.1 Å². The van der Waals surface area contributed by atoms with Gasteiger partial charge in [0.2, 0.25) is 0 Å². The van der Waals surface area contributed by atoms with Crippen molar-refractivity contribution in [1.82, 2.24) is 15.6 Å². The average Bonchev–Trinajstić information content (AvgIpc) is 2.94. The molecule has 0 atom stereocenters. The molecule has 1 aromatic heterocycles. The number of aryl methyl sites for hydroxylation is 1. The van der Waals surface area contributed by atoms with Gasteiger partial charge in [-0.15, -0.1) is 24.0 Å². The third-order valence-corrected chi connectivity index (χ3v) is 3.72. The molecule has 22 heavy (non-hydrogen) atoms. The Morgan fingerprint density at radius 3 is 2.59 bits per heavy atom. The number of aromatic amines is 1. The molecule has 1 aromatic carbocycles. The highest BCUT2D eigenvalue weighted by atomic mass is 127. The number of guanidine groups is 1. The van der Waals surface area contributed by atoms with Crippen molar-refractivity contribution in [2.24, 2.45) is 4.99 Å². The summed E-state index contributed by atoms with van der Waals surface area (Å²) < 4.78 is 0. The van der Waals surface area contributed by atoms with Crippen LogP contribution in [0.1, 0.15) is 31.4 Å². The number of aliphatic imine (C=N–C) groups is 1. The van der Waals surface area contributed by atoms with Gasteiger partial charge in [-0.25, -0.2) is 0 Å². The Hall–Kier alpha value is -1.24. The minimum absolute atomic E-state index is 0. The second kappa shape index (κ2) is 9.71. The van der Waals surface area contributed by atoms with Crippen molar-refractivity contribution >= 4 is 40.8 Å². The Morgan fingerprint density at radius 2 is 1.91 bits per heavy atom. The fourth-order valence-electron chi connectivity index (χ4n) is 2.56. The third kappa shape index (κ3) is 4.63. The van der Waals surface area contributed by atoms with Crippen LogP contribution < -0.4 is 10.6 Å². The zero-order valence-electron chi connectivity index (χ0n) is 13.7. The molecule has 122 valence electrons. The van der Waals surface area contributed by atoms with Crippen molar-refractivity contribution in [2.75, 3.05) is 20.1 Å². The van der Waals surface area contributed by atoms with E-state index < -0.39 is 0 Å². The van der Waals surface area contributed by atoms with Crippen LogP contribution in [0, 0.1) is 0 Å². The predicted octanol–water partition coefficient (Wildman–Crippen LogP) is 3.47. The summed E-state index contributed by atoms with van der Waals surface area (Å²) >= 11 is 0. The van der Waals surface area contributed by atoms with Gasteiger partial charge in [-0.2, -0.15) is 0 Å². The number of nitrogens with zero attached hydrogens (tertiary/aromatic N) is 1. The summed E-state index contributed by atoms with van der Waals surface area (Å²) in [5.74, 6) is 0.880. The highest BCUT2D eigenvalue weighted by Crippen LogP contribution is 2.22. The monoisotopic (exact) mass is 414 g/mol. The molecule has 5 heteroatoms. The van der Waals surface area contributed by atoms with Crippen molar-refractivity contribution < 1.29 is 0 Å². The molecule has 1 heterocycles. The second-order valence-electron chi connectivity index (χ2n) is 5.18. The zero-order valence-corrected chi connectivity index (χ0v) is 16.0. The molecular weight excluding hydrogens is 387 g/mol. The van der Waals surface area contributed by atoms with Gasteiger partial charge in [0, 0.05) is 37.2 Å². The molecule has 0 aliphatic heterocycles. The predicted molar refractivity (Wildman–Crippen MR) is 106 cm³/mol. The Kier molecular flexibility index (Phi) is 8.30. The van der Waals surface area contributed by atoms with Crippen LogP contribution in [-0.2, 0) is 12.8 Å². The Bertz CT molecular complexity index is 604.